The molecule has 0 aliphatic heterocycles. The van der Waals surface area contributed by atoms with E-state index in [1.165, 1.54) is 44.9 Å². The molecule has 2 heteroatoms. The van der Waals surface area contributed by atoms with Crippen molar-refractivity contribution in [3.8, 4) is 0 Å². The van der Waals surface area contributed by atoms with E-state index in [1.807, 2.05) is 0 Å². The SMILES string of the molecule is CC1[C@H]2CC[C@@H]3[C@@]4(C)CC[C@H](O)C(C)(C)[C@@H]4CC[C@@]3(C)[C@]2(C)CC[C@]1(C)CO. The van der Waals surface area contributed by atoms with E-state index in [4.69, 9.17) is 0 Å². The van der Waals surface area contributed by atoms with Gasteiger partial charge in [-0.15, -0.1) is 0 Å². The molecule has 0 bridgehead atoms. The fourth-order valence-electron chi connectivity index (χ4n) is 9.72. The zero-order valence-corrected chi connectivity index (χ0v) is 19.6. The number of rotatable bonds is 1. The average Bonchev–Trinajstić information content (AvgIpc) is 2.63. The highest BCUT2D eigenvalue weighted by molar-refractivity contribution is 5.17. The number of aliphatic hydroxyl groups excluding tert-OH is 2. The summed E-state index contributed by atoms with van der Waals surface area (Å²) in [5.74, 6) is 2.76. The summed E-state index contributed by atoms with van der Waals surface area (Å²) in [5.41, 5.74) is 1.29. The molecular weight excluding hydrogens is 344 g/mol. The Kier molecular flexibility index (Phi) is 4.70. The highest BCUT2D eigenvalue weighted by Crippen LogP contribution is 2.75. The Morgan fingerprint density at radius 1 is 0.750 bits per heavy atom. The molecule has 4 rings (SSSR count). The Bertz CT molecular complexity index is 628. The van der Waals surface area contributed by atoms with E-state index in [1.54, 1.807) is 0 Å². The molecule has 4 aliphatic carbocycles. The van der Waals surface area contributed by atoms with Gasteiger partial charge in [0.2, 0.25) is 0 Å². The Hall–Kier alpha value is -0.0800. The fraction of sp³-hybridized carbons (Fsp3) is 1.00. The molecule has 4 saturated carbocycles. The van der Waals surface area contributed by atoms with Gasteiger partial charge < -0.3 is 10.2 Å². The molecule has 4 aliphatic rings. The number of hydrogen-bond acceptors (Lipinski definition) is 2. The Morgan fingerprint density at radius 2 is 1.43 bits per heavy atom. The first-order valence-corrected chi connectivity index (χ1v) is 12.2. The summed E-state index contributed by atoms with van der Waals surface area (Å²) in [6.45, 7) is 17.7. The Labute approximate surface area is 173 Å². The van der Waals surface area contributed by atoms with Gasteiger partial charge in [-0.25, -0.2) is 0 Å². The molecule has 162 valence electrons. The van der Waals surface area contributed by atoms with Crippen LogP contribution in [0.5, 0.6) is 0 Å². The van der Waals surface area contributed by atoms with Crippen molar-refractivity contribution in [3.63, 3.8) is 0 Å². The van der Waals surface area contributed by atoms with Crippen molar-refractivity contribution in [1.82, 2.24) is 0 Å². The summed E-state index contributed by atoms with van der Waals surface area (Å²) < 4.78 is 0. The van der Waals surface area contributed by atoms with E-state index < -0.39 is 0 Å². The maximum absolute atomic E-state index is 10.8. The number of fused-ring (bicyclic) bond motifs is 5. The minimum absolute atomic E-state index is 0.0431. The first-order valence-electron chi connectivity index (χ1n) is 12.2. The molecule has 0 spiro atoms. The van der Waals surface area contributed by atoms with Crippen molar-refractivity contribution in [2.24, 2.45) is 50.7 Å². The topological polar surface area (TPSA) is 40.5 Å². The first-order chi connectivity index (χ1) is 12.9. The molecule has 0 aromatic rings. The summed E-state index contributed by atoms with van der Waals surface area (Å²) in [6, 6.07) is 0. The average molecular weight is 391 g/mol. The summed E-state index contributed by atoms with van der Waals surface area (Å²) >= 11 is 0. The van der Waals surface area contributed by atoms with Gasteiger partial charge in [-0.3, -0.25) is 0 Å². The molecule has 1 unspecified atom stereocenters. The van der Waals surface area contributed by atoms with E-state index in [-0.39, 0.29) is 16.9 Å². The van der Waals surface area contributed by atoms with Gasteiger partial charge >= 0.3 is 0 Å². The van der Waals surface area contributed by atoms with Gasteiger partial charge in [-0.05, 0) is 102 Å². The molecule has 0 aromatic heterocycles. The third-order valence-corrected chi connectivity index (χ3v) is 12.2. The lowest BCUT2D eigenvalue weighted by Gasteiger charge is -2.72. The minimum atomic E-state index is -0.137. The largest absolute Gasteiger partial charge is 0.396 e. The molecule has 0 heterocycles. The molecule has 28 heavy (non-hydrogen) atoms. The minimum Gasteiger partial charge on any atom is -0.396 e. The quantitative estimate of drug-likeness (QED) is 0.572. The van der Waals surface area contributed by atoms with E-state index in [2.05, 4.69) is 48.5 Å². The maximum atomic E-state index is 10.8. The lowest BCUT2D eigenvalue weighted by Crippen LogP contribution is -2.66. The molecular formula is C26H46O2. The second kappa shape index (κ2) is 6.22. The first kappa shape index (κ1) is 21.2. The highest BCUT2D eigenvalue weighted by Gasteiger charge is 2.68. The molecule has 0 amide bonds. The molecule has 0 saturated heterocycles. The third-order valence-electron chi connectivity index (χ3n) is 12.2. The van der Waals surface area contributed by atoms with Gasteiger partial charge in [0.05, 0.1) is 6.10 Å². The fourth-order valence-corrected chi connectivity index (χ4v) is 9.72. The molecule has 2 N–H and O–H groups in total. The van der Waals surface area contributed by atoms with Crippen molar-refractivity contribution in [2.45, 2.75) is 106 Å². The summed E-state index contributed by atoms with van der Waals surface area (Å²) in [7, 11) is 0. The van der Waals surface area contributed by atoms with Crippen molar-refractivity contribution in [1.29, 1.82) is 0 Å². The van der Waals surface area contributed by atoms with Crippen LogP contribution in [0.15, 0.2) is 0 Å². The van der Waals surface area contributed by atoms with E-state index in [0.29, 0.717) is 34.7 Å². The van der Waals surface area contributed by atoms with Crippen molar-refractivity contribution in [3.05, 3.63) is 0 Å². The highest BCUT2D eigenvalue weighted by atomic mass is 16.3. The number of hydrogen-bond donors (Lipinski definition) is 2. The molecule has 2 nitrogen and oxygen atoms in total. The van der Waals surface area contributed by atoms with E-state index in [0.717, 1.165) is 18.3 Å². The summed E-state index contributed by atoms with van der Waals surface area (Å²) in [4.78, 5) is 0. The van der Waals surface area contributed by atoms with Crippen LogP contribution < -0.4 is 0 Å². The van der Waals surface area contributed by atoms with Gasteiger partial charge in [0.25, 0.3) is 0 Å². The lowest BCUT2D eigenvalue weighted by molar-refractivity contribution is -0.247. The summed E-state index contributed by atoms with van der Waals surface area (Å²) in [6.07, 6.45) is 9.77. The van der Waals surface area contributed by atoms with Crippen LogP contribution in [-0.4, -0.2) is 22.9 Å². The van der Waals surface area contributed by atoms with Crippen molar-refractivity contribution in [2.75, 3.05) is 6.61 Å². The van der Waals surface area contributed by atoms with Crippen LogP contribution in [-0.2, 0) is 0 Å². The monoisotopic (exact) mass is 390 g/mol. The molecule has 0 aromatic carbocycles. The smallest absolute Gasteiger partial charge is 0.0594 e. The second-order valence-corrected chi connectivity index (χ2v) is 13.1. The van der Waals surface area contributed by atoms with Gasteiger partial charge in [0, 0.05) is 6.61 Å². The van der Waals surface area contributed by atoms with Crippen LogP contribution in [0, 0.1) is 50.7 Å². The van der Waals surface area contributed by atoms with Gasteiger partial charge in [0.1, 0.15) is 0 Å². The van der Waals surface area contributed by atoms with Crippen LogP contribution in [0.3, 0.4) is 0 Å². The normalized spacial score (nSPS) is 58.4. The van der Waals surface area contributed by atoms with Gasteiger partial charge in [-0.2, -0.15) is 0 Å². The predicted octanol–water partition coefficient (Wildman–Crippen LogP) is 6.05. The van der Waals surface area contributed by atoms with Crippen LogP contribution in [0.25, 0.3) is 0 Å². The standard InChI is InChI=1S/C26H46O2/c1-17-18-8-9-20-24(5)12-11-21(28)22(2,3)19(24)10-13-26(20,7)25(18,6)15-14-23(17,4)16-27/h17-21,27-28H,8-16H2,1-7H3/t17?,18-,19+,20-,21+,23-,24+,25-,26-/m1/s1. The molecule has 4 fully saturated rings. The molecule has 9 atom stereocenters. The van der Waals surface area contributed by atoms with E-state index >= 15 is 0 Å². The summed E-state index contributed by atoms with van der Waals surface area (Å²) in [5, 5.41) is 20.9. The Morgan fingerprint density at radius 3 is 2.07 bits per heavy atom. The zero-order valence-electron chi connectivity index (χ0n) is 19.6. The van der Waals surface area contributed by atoms with Crippen molar-refractivity contribution >= 4 is 0 Å². The second-order valence-electron chi connectivity index (χ2n) is 13.1. The lowest BCUT2D eigenvalue weighted by atomic mass is 9.32. The van der Waals surface area contributed by atoms with Crippen LogP contribution in [0.1, 0.15) is 99.8 Å². The molecule has 0 radical (unpaired) electrons. The van der Waals surface area contributed by atoms with Gasteiger partial charge in [-0.1, -0.05) is 48.5 Å². The van der Waals surface area contributed by atoms with E-state index in [9.17, 15) is 10.2 Å². The predicted molar refractivity (Wildman–Crippen MR) is 116 cm³/mol. The zero-order chi connectivity index (χ0) is 20.8. The van der Waals surface area contributed by atoms with Gasteiger partial charge in [0.15, 0.2) is 0 Å². The third kappa shape index (κ3) is 2.40. The maximum Gasteiger partial charge on any atom is 0.0594 e. The van der Waals surface area contributed by atoms with Crippen LogP contribution >= 0.6 is 0 Å². The Balaban J connectivity index is 1.72. The van der Waals surface area contributed by atoms with Crippen molar-refractivity contribution < 1.29 is 10.2 Å². The van der Waals surface area contributed by atoms with Crippen LogP contribution in [0.2, 0.25) is 0 Å². The number of aliphatic hydroxyl groups is 2. The van der Waals surface area contributed by atoms with Crippen LogP contribution in [0.4, 0.5) is 0 Å².